The van der Waals surface area contributed by atoms with Gasteiger partial charge in [0.25, 0.3) is 0 Å². The Labute approximate surface area is 249 Å². The highest BCUT2D eigenvalue weighted by Crippen LogP contribution is 2.40. The van der Waals surface area contributed by atoms with Crippen LogP contribution in [0.3, 0.4) is 0 Å². The topological polar surface area (TPSA) is 67.5 Å². The van der Waals surface area contributed by atoms with Gasteiger partial charge >= 0.3 is 5.97 Å². The van der Waals surface area contributed by atoms with E-state index in [4.69, 9.17) is 14.2 Å². The smallest absolute Gasteiger partial charge is 0.355 e. The van der Waals surface area contributed by atoms with E-state index in [1.165, 1.54) is 12.1 Å². The number of aryl methyl sites for hydroxylation is 3. The van der Waals surface area contributed by atoms with Crippen LogP contribution in [0.25, 0.3) is 32.8 Å². The zero-order chi connectivity index (χ0) is 30.1. The van der Waals surface area contributed by atoms with Gasteiger partial charge in [-0.25, -0.2) is 13.6 Å². The fourth-order valence-corrected chi connectivity index (χ4v) is 6.18. The van der Waals surface area contributed by atoms with E-state index in [1.54, 1.807) is 35.9 Å². The molecule has 0 aliphatic carbocycles. The van der Waals surface area contributed by atoms with Gasteiger partial charge in [0.05, 0.1) is 31.0 Å². The van der Waals surface area contributed by atoms with Gasteiger partial charge in [-0.2, -0.15) is 5.10 Å². The first-order chi connectivity index (χ1) is 20.9. The van der Waals surface area contributed by atoms with Crippen molar-refractivity contribution in [2.24, 2.45) is 7.05 Å². The molecule has 0 radical (unpaired) electrons. The number of rotatable bonds is 7. The van der Waals surface area contributed by atoms with Gasteiger partial charge in [-0.1, -0.05) is 24.3 Å². The summed E-state index contributed by atoms with van der Waals surface area (Å²) >= 11 is 0. The fraction of sp³-hybridized carbons (Fsp3) is 0.353. The molecule has 6 rings (SSSR count). The van der Waals surface area contributed by atoms with Crippen molar-refractivity contribution in [1.29, 1.82) is 0 Å². The molecule has 224 valence electrons. The first kappa shape index (κ1) is 28.9. The van der Waals surface area contributed by atoms with E-state index in [0.717, 1.165) is 29.5 Å². The number of ether oxygens (including phenoxy) is 3. The molecule has 2 aromatic heterocycles. The minimum Gasteiger partial charge on any atom is -0.493 e. The third-order valence-electron chi connectivity index (χ3n) is 8.22. The van der Waals surface area contributed by atoms with Crippen molar-refractivity contribution in [3.8, 4) is 16.9 Å². The zero-order valence-electron chi connectivity index (χ0n) is 24.7. The van der Waals surface area contributed by atoms with Crippen LogP contribution in [0, 0.1) is 18.6 Å². The van der Waals surface area contributed by atoms with Crippen LogP contribution in [0.1, 0.15) is 53.6 Å². The van der Waals surface area contributed by atoms with Crippen LogP contribution >= 0.6 is 0 Å². The number of halogens is 2. The molecule has 1 aliphatic rings. The molecule has 5 aromatic rings. The van der Waals surface area contributed by atoms with Crippen molar-refractivity contribution >= 4 is 27.6 Å². The number of nitrogens with zero attached hydrogens (tertiary/aromatic N) is 3. The van der Waals surface area contributed by atoms with Crippen LogP contribution in [-0.2, 0) is 36.1 Å². The molecule has 9 heteroatoms. The number of esters is 1. The Morgan fingerprint density at radius 2 is 1.79 bits per heavy atom. The molecule has 1 aliphatic heterocycles. The minimum atomic E-state index is -0.431. The summed E-state index contributed by atoms with van der Waals surface area (Å²) < 4.78 is 51.5. The summed E-state index contributed by atoms with van der Waals surface area (Å²) in [4.78, 5) is 13.6. The summed E-state index contributed by atoms with van der Waals surface area (Å²) in [5.74, 6) is -0.502. The molecule has 0 saturated carbocycles. The third-order valence-corrected chi connectivity index (χ3v) is 8.22. The summed E-state index contributed by atoms with van der Waals surface area (Å²) in [5, 5.41) is 6.67. The second-order valence-corrected chi connectivity index (χ2v) is 10.9. The SMILES string of the molecule is CCOC(=O)c1c(CCCOc2ccc(F)c3ccccc23)c2ccc(F)c3c2n1CCCCOCc1nn(C)c(C)c1-3. The molecular formula is C34H35F2N3O4. The van der Waals surface area contributed by atoms with Crippen molar-refractivity contribution in [2.75, 3.05) is 19.8 Å². The molecule has 3 heterocycles. The largest absolute Gasteiger partial charge is 0.493 e. The maximum absolute atomic E-state index is 15.9. The lowest BCUT2D eigenvalue weighted by molar-refractivity contribution is 0.0512. The second-order valence-electron chi connectivity index (χ2n) is 10.9. The van der Waals surface area contributed by atoms with Crippen molar-refractivity contribution in [1.82, 2.24) is 14.3 Å². The number of fused-ring (bicyclic) bond motifs is 3. The molecule has 0 amide bonds. The summed E-state index contributed by atoms with van der Waals surface area (Å²) in [5.41, 5.74) is 4.52. The van der Waals surface area contributed by atoms with Gasteiger partial charge in [0.15, 0.2) is 0 Å². The molecule has 43 heavy (non-hydrogen) atoms. The van der Waals surface area contributed by atoms with Gasteiger partial charge in [-0.3, -0.25) is 4.68 Å². The van der Waals surface area contributed by atoms with Crippen molar-refractivity contribution < 1.29 is 27.8 Å². The Kier molecular flexibility index (Phi) is 8.17. The Bertz CT molecular complexity index is 1820. The number of benzene rings is 3. The highest BCUT2D eigenvalue weighted by atomic mass is 19.1. The lowest BCUT2D eigenvalue weighted by atomic mass is 9.97. The average molecular weight is 588 g/mol. The lowest BCUT2D eigenvalue weighted by Gasteiger charge is -2.14. The highest BCUT2D eigenvalue weighted by Gasteiger charge is 2.29. The van der Waals surface area contributed by atoms with Crippen molar-refractivity contribution in [3.63, 3.8) is 0 Å². The van der Waals surface area contributed by atoms with Gasteiger partial charge in [-0.05, 0) is 69.4 Å². The number of aromatic nitrogens is 3. The maximum Gasteiger partial charge on any atom is 0.355 e. The lowest BCUT2D eigenvalue weighted by Crippen LogP contribution is -2.15. The number of carbonyl (C=O) groups is 1. The van der Waals surface area contributed by atoms with E-state index in [1.807, 2.05) is 30.7 Å². The third kappa shape index (κ3) is 5.27. The molecule has 0 bridgehead atoms. The van der Waals surface area contributed by atoms with Gasteiger partial charge in [0.1, 0.15) is 23.1 Å². The molecule has 0 unspecified atom stereocenters. The average Bonchev–Trinajstić information content (AvgIpc) is 3.45. The van der Waals surface area contributed by atoms with E-state index in [9.17, 15) is 9.18 Å². The molecule has 0 saturated heterocycles. The molecule has 3 aromatic carbocycles. The molecule has 7 nitrogen and oxygen atoms in total. The van der Waals surface area contributed by atoms with E-state index < -0.39 is 5.97 Å². The van der Waals surface area contributed by atoms with Crippen LogP contribution in [0.4, 0.5) is 8.78 Å². The van der Waals surface area contributed by atoms with E-state index in [2.05, 4.69) is 5.10 Å². The molecule has 0 N–H and O–H groups in total. The number of hydrogen-bond donors (Lipinski definition) is 0. The van der Waals surface area contributed by atoms with Crippen molar-refractivity contribution in [3.05, 3.63) is 82.8 Å². The van der Waals surface area contributed by atoms with Crippen LogP contribution in [-0.4, -0.2) is 40.1 Å². The first-order valence-corrected chi connectivity index (χ1v) is 14.8. The van der Waals surface area contributed by atoms with Gasteiger partial charge in [0, 0.05) is 53.2 Å². The number of hydrogen-bond acceptors (Lipinski definition) is 5. The second kappa shape index (κ2) is 12.2. The van der Waals surface area contributed by atoms with Crippen LogP contribution in [0.2, 0.25) is 0 Å². The summed E-state index contributed by atoms with van der Waals surface area (Å²) in [6, 6.07) is 13.5. The molecular weight excluding hydrogens is 552 g/mol. The van der Waals surface area contributed by atoms with Gasteiger partial charge < -0.3 is 18.8 Å². The minimum absolute atomic E-state index is 0.224. The van der Waals surface area contributed by atoms with Gasteiger partial charge in [0.2, 0.25) is 0 Å². The molecule has 0 spiro atoms. The van der Waals surface area contributed by atoms with E-state index >= 15 is 4.39 Å². The van der Waals surface area contributed by atoms with Gasteiger partial charge in [-0.15, -0.1) is 0 Å². The summed E-state index contributed by atoms with van der Waals surface area (Å²) in [7, 11) is 1.84. The normalized spacial score (nSPS) is 13.6. The Morgan fingerprint density at radius 1 is 1.00 bits per heavy atom. The standard InChI is InChI=1S/C34H35F2N3O4/c1-4-42-34(40)33-24(12-9-19-43-29-16-15-26(35)22-10-5-6-11-23(22)29)25-13-14-27(36)31-30-21(2)38(3)37-28(30)20-41-18-8-7-17-39(33)32(25)31/h5-6,10-11,13-16H,4,7-9,12,17-20H2,1-3H3. The molecule has 0 fully saturated rings. The molecule has 0 atom stereocenters. The zero-order valence-corrected chi connectivity index (χ0v) is 24.7. The maximum atomic E-state index is 15.9. The Morgan fingerprint density at radius 3 is 2.60 bits per heavy atom. The predicted molar refractivity (Wildman–Crippen MR) is 161 cm³/mol. The van der Waals surface area contributed by atoms with Crippen LogP contribution < -0.4 is 4.74 Å². The van der Waals surface area contributed by atoms with E-state index in [-0.39, 0.29) is 24.8 Å². The predicted octanol–water partition coefficient (Wildman–Crippen LogP) is 7.28. The summed E-state index contributed by atoms with van der Waals surface area (Å²) in [6.45, 7) is 5.60. The first-order valence-electron chi connectivity index (χ1n) is 14.8. The van der Waals surface area contributed by atoms with Crippen molar-refractivity contribution in [2.45, 2.75) is 52.7 Å². The highest BCUT2D eigenvalue weighted by molar-refractivity contribution is 6.05. The monoisotopic (exact) mass is 587 g/mol. The van der Waals surface area contributed by atoms with E-state index in [0.29, 0.717) is 77.2 Å². The fourth-order valence-electron chi connectivity index (χ4n) is 6.18. The number of carbonyl (C=O) groups excluding carboxylic acids is 1. The Hall–Kier alpha value is -4.24. The Balaban J connectivity index is 1.44. The van der Waals surface area contributed by atoms with Crippen LogP contribution in [0.15, 0.2) is 48.5 Å². The van der Waals surface area contributed by atoms with Crippen LogP contribution in [0.5, 0.6) is 5.75 Å². The quantitative estimate of drug-likeness (QED) is 0.148. The summed E-state index contributed by atoms with van der Waals surface area (Å²) in [6.07, 6.45) is 2.61.